The molecule has 4 rings (SSSR count). The van der Waals surface area contributed by atoms with E-state index in [2.05, 4.69) is 15.5 Å². The van der Waals surface area contributed by atoms with Gasteiger partial charge in [-0.25, -0.2) is 0 Å². The summed E-state index contributed by atoms with van der Waals surface area (Å²) >= 11 is 0. The molecular weight excluding hydrogens is 330 g/mol. The predicted molar refractivity (Wildman–Crippen MR) is 98.5 cm³/mol. The molecule has 26 heavy (non-hydrogen) atoms. The standard InChI is InChI=1S/C20H19N3O3/c1-12-7-14(15-9-21-22-10-15)8-13(2)19(12)23-20(24)18-11-25-16-5-3-4-6-17(16)26-18/h3-10,18H,11H2,1-2H3,(H,21,22)(H,23,24). The number of aromatic amines is 1. The molecule has 0 fully saturated rings. The zero-order valence-electron chi connectivity index (χ0n) is 14.6. The van der Waals surface area contributed by atoms with Crippen LogP contribution in [-0.2, 0) is 4.79 Å². The van der Waals surface area contributed by atoms with Gasteiger partial charge in [-0.15, -0.1) is 0 Å². The van der Waals surface area contributed by atoms with Gasteiger partial charge in [0.15, 0.2) is 11.5 Å². The van der Waals surface area contributed by atoms with Gasteiger partial charge in [-0.3, -0.25) is 9.89 Å². The third-order valence-corrected chi connectivity index (χ3v) is 4.41. The number of anilines is 1. The molecule has 3 aromatic rings. The van der Waals surface area contributed by atoms with Gasteiger partial charge < -0.3 is 14.8 Å². The van der Waals surface area contributed by atoms with E-state index in [1.165, 1.54) is 0 Å². The largest absolute Gasteiger partial charge is 0.485 e. The second-order valence-corrected chi connectivity index (χ2v) is 6.33. The number of aromatic nitrogens is 2. The molecular formula is C20H19N3O3. The SMILES string of the molecule is Cc1cc(-c2cn[nH]c2)cc(C)c1NC(=O)C1COc2ccccc2O1. The van der Waals surface area contributed by atoms with E-state index in [1.807, 2.05) is 50.4 Å². The van der Waals surface area contributed by atoms with Crippen molar-refractivity contribution in [1.82, 2.24) is 10.2 Å². The molecule has 2 aromatic carbocycles. The molecule has 0 aliphatic carbocycles. The number of carbonyl (C=O) groups excluding carboxylic acids is 1. The molecule has 0 saturated heterocycles. The first-order valence-electron chi connectivity index (χ1n) is 8.41. The number of aryl methyl sites for hydroxylation is 2. The summed E-state index contributed by atoms with van der Waals surface area (Å²) < 4.78 is 11.4. The van der Waals surface area contributed by atoms with Gasteiger partial charge >= 0.3 is 0 Å². The van der Waals surface area contributed by atoms with E-state index in [1.54, 1.807) is 12.3 Å². The number of fused-ring (bicyclic) bond motifs is 1. The van der Waals surface area contributed by atoms with E-state index in [4.69, 9.17) is 9.47 Å². The molecule has 0 radical (unpaired) electrons. The van der Waals surface area contributed by atoms with Gasteiger partial charge in [0.05, 0.1) is 6.20 Å². The van der Waals surface area contributed by atoms with Crippen molar-refractivity contribution in [2.24, 2.45) is 0 Å². The molecule has 132 valence electrons. The number of benzene rings is 2. The summed E-state index contributed by atoms with van der Waals surface area (Å²) in [5, 5.41) is 9.78. The van der Waals surface area contributed by atoms with Crippen LogP contribution in [0.3, 0.4) is 0 Å². The van der Waals surface area contributed by atoms with Gasteiger partial charge in [0.2, 0.25) is 6.10 Å². The second kappa shape index (κ2) is 6.55. The van der Waals surface area contributed by atoms with E-state index < -0.39 is 6.10 Å². The zero-order chi connectivity index (χ0) is 18.1. The van der Waals surface area contributed by atoms with Crippen molar-refractivity contribution in [3.8, 4) is 22.6 Å². The molecule has 1 aliphatic heterocycles. The monoisotopic (exact) mass is 349 g/mol. The summed E-state index contributed by atoms with van der Waals surface area (Å²) in [4.78, 5) is 12.7. The van der Waals surface area contributed by atoms with Gasteiger partial charge in [-0.05, 0) is 54.8 Å². The average molecular weight is 349 g/mol. The Morgan fingerprint density at radius 3 is 2.58 bits per heavy atom. The maximum absolute atomic E-state index is 12.7. The van der Waals surface area contributed by atoms with Crippen LogP contribution in [0.25, 0.3) is 11.1 Å². The third kappa shape index (κ3) is 3.01. The number of nitrogens with one attached hydrogen (secondary N) is 2. The normalized spacial score (nSPS) is 15.5. The Balaban J connectivity index is 1.53. The van der Waals surface area contributed by atoms with E-state index in [-0.39, 0.29) is 12.5 Å². The molecule has 1 aromatic heterocycles. The number of ether oxygens (including phenoxy) is 2. The van der Waals surface area contributed by atoms with E-state index in [0.29, 0.717) is 11.5 Å². The summed E-state index contributed by atoms with van der Waals surface area (Å²) in [5.41, 5.74) is 4.82. The number of rotatable bonds is 3. The number of para-hydroxylation sites is 2. The Morgan fingerprint density at radius 2 is 1.88 bits per heavy atom. The summed E-state index contributed by atoms with van der Waals surface area (Å²) in [7, 11) is 0. The van der Waals surface area contributed by atoms with Crippen molar-refractivity contribution in [2.45, 2.75) is 20.0 Å². The van der Waals surface area contributed by atoms with Crippen LogP contribution in [0.5, 0.6) is 11.5 Å². The Labute approximate surface area is 151 Å². The first kappa shape index (κ1) is 16.2. The van der Waals surface area contributed by atoms with Crippen LogP contribution in [-0.4, -0.2) is 28.8 Å². The van der Waals surface area contributed by atoms with Crippen molar-refractivity contribution in [3.05, 3.63) is 59.9 Å². The van der Waals surface area contributed by atoms with Gasteiger partial charge in [-0.2, -0.15) is 5.10 Å². The first-order chi connectivity index (χ1) is 12.6. The van der Waals surface area contributed by atoms with Crippen molar-refractivity contribution in [2.75, 3.05) is 11.9 Å². The zero-order valence-corrected chi connectivity index (χ0v) is 14.6. The maximum atomic E-state index is 12.7. The number of hydrogen-bond acceptors (Lipinski definition) is 4. The summed E-state index contributed by atoms with van der Waals surface area (Å²) in [5.74, 6) is 1.03. The smallest absolute Gasteiger partial charge is 0.269 e. The van der Waals surface area contributed by atoms with Crippen LogP contribution < -0.4 is 14.8 Å². The lowest BCUT2D eigenvalue weighted by Crippen LogP contribution is -2.40. The van der Waals surface area contributed by atoms with Crippen molar-refractivity contribution >= 4 is 11.6 Å². The third-order valence-electron chi connectivity index (χ3n) is 4.41. The van der Waals surface area contributed by atoms with Crippen LogP contribution in [0.2, 0.25) is 0 Å². The number of hydrogen-bond donors (Lipinski definition) is 2. The van der Waals surface area contributed by atoms with Gasteiger partial charge in [0.25, 0.3) is 5.91 Å². The molecule has 6 heteroatoms. The van der Waals surface area contributed by atoms with Crippen LogP contribution in [0, 0.1) is 13.8 Å². The lowest BCUT2D eigenvalue weighted by Gasteiger charge is -2.26. The topological polar surface area (TPSA) is 76.2 Å². The van der Waals surface area contributed by atoms with E-state index >= 15 is 0 Å². The number of amides is 1. The molecule has 0 saturated carbocycles. The van der Waals surface area contributed by atoms with Gasteiger partial charge in [0, 0.05) is 17.4 Å². The molecule has 1 aliphatic rings. The molecule has 6 nitrogen and oxygen atoms in total. The first-order valence-corrected chi connectivity index (χ1v) is 8.41. The Kier molecular flexibility index (Phi) is 4.08. The highest BCUT2D eigenvalue weighted by Crippen LogP contribution is 2.32. The quantitative estimate of drug-likeness (QED) is 0.759. The van der Waals surface area contributed by atoms with E-state index in [9.17, 15) is 4.79 Å². The van der Waals surface area contributed by atoms with Crippen molar-refractivity contribution in [1.29, 1.82) is 0 Å². The molecule has 2 heterocycles. The van der Waals surface area contributed by atoms with E-state index in [0.717, 1.165) is 27.9 Å². The summed E-state index contributed by atoms with van der Waals surface area (Å²) in [6.07, 6.45) is 2.94. The highest BCUT2D eigenvalue weighted by Gasteiger charge is 2.28. The summed E-state index contributed by atoms with van der Waals surface area (Å²) in [6, 6.07) is 11.4. The van der Waals surface area contributed by atoms with Crippen molar-refractivity contribution in [3.63, 3.8) is 0 Å². The molecule has 0 bridgehead atoms. The lowest BCUT2D eigenvalue weighted by atomic mass is 10.0. The fraction of sp³-hybridized carbons (Fsp3) is 0.200. The minimum atomic E-state index is -0.683. The molecule has 2 N–H and O–H groups in total. The fourth-order valence-electron chi connectivity index (χ4n) is 3.09. The number of carbonyl (C=O) groups is 1. The lowest BCUT2D eigenvalue weighted by molar-refractivity contribution is -0.125. The van der Waals surface area contributed by atoms with Crippen LogP contribution >= 0.6 is 0 Å². The van der Waals surface area contributed by atoms with Gasteiger partial charge in [0.1, 0.15) is 6.61 Å². The highest BCUT2D eigenvalue weighted by molar-refractivity contribution is 5.96. The van der Waals surface area contributed by atoms with Crippen LogP contribution in [0.15, 0.2) is 48.8 Å². The fourth-order valence-corrected chi connectivity index (χ4v) is 3.09. The van der Waals surface area contributed by atoms with Crippen LogP contribution in [0.1, 0.15) is 11.1 Å². The average Bonchev–Trinajstić information content (AvgIpc) is 3.18. The van der Waals surface area contributed by atoms with Crippen molar-refractivity contribution < 1.29 is 14.3 Å². The Hall–Kier alpha value is -3.28. The maximum Gasteiger partial charge on any atom is 0.269 e. The van der Waals surface area contributed by atoms with Crippen LogP contribution in [0.4, 0.5) is 5.69 Å². The minimum Gasteiger partial charge on any atom is -0.485 e. The number of nitrogens with zero attached hydrogens (tertiary/aromatic N) is 1. The highest BCUT2D eigenvalue weighted by atomic mass is 16.6. The molecule has 0 spiro atoms. The van der Waals surface area contributed by atoms with Gasteiger partial charge in [-0.1, -0.05) is 12.1 Å². The predicted octanol–water partition coefficient (Wildman–Crippen LogP) is 3.47. The number of H-pyrrole nitrogens is 1. The molecule has 1 amide bonds. The second-order valence-electron chi connectivity index (χ2n) is 6.33. The molecule has 1 unspecified atom stereocenters. The minimum absolute atomic E-state index is 0.189. The Morgan fingerprint density at radius 1 is 1.15 bits per heavy atom. The summed E-state index contributed by atoms with van der Waals surface area (Å²) in [6.45, 7) is 4.13. The molecule has 1 atom stereocenters. The Bertz CT molecular complexity index is 928.